The van der Waals surface area contributed by atoms with Gasteiger partial charge in [0, 0.05) is 48.6 Å². The number of H-pyrrole nitrogens is 1. The van der Waals surface area contributed by atoms with Crippen molar-refractivity contribution >= 4 is 51.1 Å². The van der Waals surface area contributed by atoms with Crippen LogP contribution in [-0.4, -0.2) is 112 Å². The number of ether oxygens (including phenoxy) is 1. The quantitative estimate of drug-likeness (QED) is 0.295. The first-order chi connectivity index (χ1) is 22.7. The molecule has 4 aliphatic heterocycles. The van der Waals surface area contributed by atoms with Crippen molar-refractivity contribution in [3.63, 3.8) is 0 Å². The second-order valence-corrected chi connectivity index (χ2v) is 15.4. The molecule has 4 N–H and O–H groups in total. The van der Waals surface area contributed by atoms with Gasteiger partial charge in [0.15, 0.2) is 0 Å². The molecule has 5 aliphatic rings. The number of piperidine rings is 1. The van der Waals surface area contributed by atoms with Gasteiger partial charge in [-0.3, -0.25) is 28.6 Å². The fourth-order valence-electron chi connectivity index (χ4n) is 8.65. The summed E-state index contributed by atoms with van der Waals surface area (Å²) in [6.45, 7) is 2.56. The van der Waals surface area contributed by atoms with E-state index in [1.54, 1.807) is 4.90 Å². The zero-order valence-corrected chi connectivity index (χ0v) is 29.2. The van der Waals surface area contributed by atoms with Gasteiger partial charge in [-0.25, -0.2) is 0 Å². The molecule has 8 rings (SSSR count). The molecular formula is C34H42ClN5O8S. The van der Waals surface area contributed by atoms with E-state index in [9.17, 15) is 27.9 Å². The number of carbonyl (C=O) groups excluding carboxylic acids is 3. The lowest BCUT2D eigenvalue weighted by Gasteiger charge is -2.48. The van der Waals surface area contributed by atoms with Gasteiger partial charge in [-0.2, -0.15) is 8.42 Å². The molecular weight excluding hydrogens is 674 g/mol. The maximum absolute atomic E-state index is 14.2. The van der Waals surface area contributed by atoms with E-state index in [0.29, 0.717) is 38.6 Å². The highest BCUT2D eigenvalue weighted by Crippen LogP contribution is 2.47. The summed E-state index contributed by atoms with van der Waals surface area (Å²) in [5, 5.41) is 16.2. The molecule has 0 spiro atoms. The minimum Gasteiger partial charge on any atom is -0.361 e. The maximum atomic E-state index is 14.2. The number of piperazine rings is 1. The van der Waals surface area contributed by atoms with Crippen LogP contribution in [0.3, 0.4) is 0 Å². The largest absolute Gasteiger partial charge is 0.361 e. The van der Waals surface area contributed by atoms with Gasteiger partial charge >= 0.3 is 0 Å². The molecule has 1 aliphatic carbocycles. The second-order valence-electron chi connectivity index (χ2n) is 13.9. The molecule has 2 aromatic carbocycles. The van der Waals surface area contributed by atoms with Gasteiger partial charge in [-0.15, -0.1) is 12.4 Å². The van der Waals surface area contributed by atoms with Crippen LogP contribution in [0, 0.1) is 5.92 Å². The Bertz CT molecular complexity index is 1880. The number of hydrogen-bond donors (Lipinski definition) is 4. The Balaban J connectivity index is 0.000000650. The van der Waals surface area contributed by atoms with Crippen LogP contribution in [0.25, 0.3) is 10.9 Å². The monoisotopic (exact) mass is 715 g/mol. The number of fused-ring (bicyclic) bond motifs is 5. The van der Waals surface area contributed by atoms with Crippen molar-refractivity contribution in [2.24, 2.45) is 5.92 Å². The molecule has 0 bridgehead atoms. The fourth-order valence-corrected chi connectivity index (χ4v) is 8.65. The van der Waals surface area contributed by atoms with E-state index in [-0.39, 0.29) is 48.5 Å². The molecule has 0 radical (unpaired) electrons. The van der Waals surface area contributed by atoms with E-state index in [4.69, 9.17) is 9.29 Å². The van der Waals surface area contributed by atoms with Gasteiger partial charge in [-0.05, 0) is 62.4 Å². The van der Waals surface area contributed by atoms with Crippen molar-refractivity contribution in [2.45, 2.75) is 74.7 Å². The van der Waals surface area contributed by atoms with E-state index >= 15 is 0 Å². The molecule has 1 aromatic heterocycles. The first-order valence-corrected chi connectivity index (χ1v) is 18.2. The summed E-state index contributed by atoms with van der Waals surface area (Å²) < 4.78 is 32.1. The minimum absolute atomic E-state index is 0. The molecule has 15 heteroatoms. The summed E-state index contributed by atoms with van der Waals surface area (Å²) in [5.74, 6) is -3.31. The van der Waals surface area contributed by atoms with Crippen LogP contribution in [0.15, 0.2) is 54.7 Å². The van der Waals surface area contributed by atoms with Crippen LogP contribution in [0.1, 0.15) is 48.8 Å². The van der Waals surface area contributed by atoms with Crippen molar-refractivity contribution in [3.8, 4) is 0 Å². The van der Waals surface area contributed by atoms with Crippen molar-refractivity contribution in [2.75, 3.05) is 26.4 Å². The first kappa shape index (κ1) is 35.3. The number of nitrogens with zero attached hydrogens (tertiary/aromatic N) is 3. The van der Waals surface area contributed by atoms with Crippen LogP contribution in [0.2, 0.25) is 0 Å². The molecule has 264 valence electrons. The van der Waals surface area contributed by atoms with Gasteiger partial charge in [-0.1, -0.05) is 42.5 Å². The highest BCUT2D eigenvalue weighted by Gasteiger charge is 2.70. The van der Waals surface area contributed by atoms with Gasteiger partial charge in [0.05, 0.1) is 12.2 Å². The Morgan fingerprint density at radius 1 is 1.14 bits per heavy atom. The molecule has 0 saturated carbocycles. The first-order valence-electron chi connectivity index (χ1n) is 16.3. The molecule has 13 nitrogen and oxygen atoms in total. The zero-order valence-electron chi connectivity index (χ0n) is 27.5. The number of aromatic nitrogens is 1. The number of likely N-dealkylation sites (N-methyl/N-ethyl adjacent to an activating group) is 1. The summed E-state index contributed by atoms with van der Waals surface area (Å²) in [6.07, 6.45) is 5.84. The topological polar surface area (TPSA) is 173 Å². The predicted octanol–water partition coefficient (Wildman–Crippen LogP) is 2.01. The summed E-state index contributed by atoms with van der Waals surface area (Å²) >= 11 is 0. The lowest BCUT2D eigenvalue weighted by atomic mass is 9.72. The Morgan fingerprint density at radius 2 is 1.86 bits per heavy atom. The highest BCUT2D eigenvalue weighted by molar-refractivity contribution is 7.85. The van der Waals surface area contributed by atoms with Crippen LogP contribution in [-0.2, 0) is 42.1 Å². The predicted molar refractivity (Wildman–Crippen MR) is 182 cm³/mol. The van der Waals surface area contributed by atoms with Crippen LogP contribution >= 0.6 is 12.4 Å². The van der Waals surface area contributed by atoms with Crippen molar-refractivity contribution in [1.29, 1.82) is 0 Å². The molecule has 5 heterocycles. The Hall–Kier alpha value is -3.53. The third-order valence-electron chi connectivity index (χ3n) is 10.6. The SMILES string of the molecule is CN1C[C@H](C(=O)N[C@]2(C)O[C@@]3(O)[C@@H]4CCCN4C(=O)[C@H](Cc4ccccc4)N3C2=O)C[C@@H]2c3cccc4[nH]cc(c34)C[C@H]21.CS(=O)(=O)O.Cl. The van der Waals surface area contributed by atoms with E-state index in [1.807, 2.05) is 30.3 Å². The number of amides is 3. The van der Waals surface area contributed by atoms with E-state index in [0.717, 1.165) is 17.5 Å². The average Bonchev–Trinajstić information content (AvgIpc) is 3.73. The minimum atomic E-state index is -3.67. The van der Waals surface area contributed by atoms with Crippen LogP contribution in [0.5, 0.6) is 0 Å². The van der Waals surface area contributed by atoms with Gasteiger partial charge in [0.2, 0.25) is 17.5 Å². The summed E-state index contributed by atoms with van der Waals surface area (Å²) in [5.41, 5.74) is 2.74. The molecule has 3 amide bonds. The van der Waals surface area contributed by atoms with Crippen molar-refractivity contribution in [1.82, 2.24) is 25.0 Å². The number of aliphatic hydroxyl groups is 1. The fraction of sp³-hybridized carbons (Fsp3) is 0.500. The lowest BCUT2D eigenvalue weighted by Crippen LogP contribution is -2.71. The molecule has 4 fully saturated rings. The number of rotatable bonds is 4. The standard InChI is InChI=1S/C33H37N5O5.CH4O3S.ClH/c1-32(35-29(39)21-15-23-22-10-6-11-24-28(22)20(17-34-24)16-25(23)36(2)18-21)31(41)38-26(14-19-8-4-3-5-9-19)30(40)37-13-7-12-27(37)33(38,42)43-32;1-5(2,3)4;/h3-6,8-11,17,21,23,25-27,34,42H,7,12-16,18H2,1-2H3,(H,35,39);1H3,(H,2,3,4);1H/t21-,23-,25-,26+,27+,32-,33+;;/m1../s1. The molecule has 7 atom stereocenters. The second kappa shape index (κ2) is 12.7. The van der Waals surface area contributed by atoms with Gasteiger partial charge in [0.1, 0.15) is 12.1 Å². The Labute approximate surface area is 291 Å². The smallest absolute Gasteiger partial charge is 0.280 e. The Morgan fingerprint density at radius 3 is 2.57 bits per heavy atom. The normalized spacial score (nSPS) is 32.1. The number of halogens is 1. The number of carbonyl (C=O) groups is 3. The van der Waals surface area contributed by atoms with E-state index in [2.05, 4.69) is 46.6 Å². The number of likely N-dealkylation sites (tertiary alicyclic amines) is 1. The van der Waals surface area contributed by atoms with E-state index < -0.39 is 39.7 Å². The van der Waals surface area contributed by atoms with Gasteiger partial charge < -0.3 is 25.2 Å². The lowest BCUT2D eigenvalue weighted by molar-refractivity contribution is -0.315. The van der Waals surface area contributed by atoms with Crippen LogP contribution < -0.4 is 5.32 Å². The van der Waals surface area contributed by atoms with E-state index in [1.165, 1.54) is 28.3 Å². The summed E-state index contributed by atoms with van der Waals surface area (Å²) in [7, 11) is -1.61. The molecule has 4 saturated heterocycles. The van der Waals surface area contributed by atoms with Crippen molar-refractivity contribution in [3.05, 3.63) is 71.4 Å². The average molecular weight is 716 g/mol. The summed E-state index contributed by atoms with van der Waals surface area (Å²) in [4.78, 5) is 50.4. The third kappa shape index (κ3) is 6.12. The number of benzene rings is 2. The number of nitrogens with one attached hydrogen (secondary N) is 2. The zero-order chi connectivity index (χ0) is 34.2. The van der Waals surface area contributed by atoms with Gasteiger partial charge in [0.25, 0.3) is 21.9 Å². The van der Waals surface area contributed by atoms with Crippen LogP contribution in [0.4, 0.5) is 0 Å². The number of aromatic amines is 1. The van der Waals surface area contributed by atoms with Crippen molar-refractivity contribution < 1.29 is 37.2 Å². The molecule has 3 aromatic rings. The maximum Gasteiger partial charge on any atom is 0.280 e. The summed E-state index contributed by atoms with van der Waals surface area (Å²) in [6, 6.07) is 14.4. The third-order valence-corrected chi connectivity index (χ3v) is 10.6. The number of hydrogen-bond acceptors (Lipinski definition) is 8. The molecule has 0 unspecified atom stereocenters. The Kier molecular flexibility index (Phi) is 9.12. The highest BCUT2D eigenvalue weighted by atomic mass is 35.5. The molecule has 49 heavy (non-hydrogen) atoms.